The molecule has 0 saturated heterocycles. The maximum Gasteiger partial charge on any atom is 0.145 e. The van der Waals surface area contributed by atoms with Gasteiger partial charge in [0, 0.05) is 7.11 Å². The van der Waals surface area contributed by atoms with Crippen LogP contribution in [0.4, 0.5) is 4.39 Å². The van der Waals surface area contributed by atoms with Crippen LogP contribution in [0.15, 0.2) is 12.2 Å². The molecule has 0 atom stereocenters. The Balaban J connectivity index is 0.000000671. The summed E-state index contributed by atoms with van der Waals surface area (Å²) < 4.78 is 12.9. The number of carbonyl (C=O) groups excluding carboxylic acids is 1. The highest BCUT2D eigenvalue weighted by Crippen LogP contribution is 2.43. The molecule has 1 fully saturated rings. The second-order valence-corrected chi connectivity index (χ2v) is 3.67. The van der Waals surface area contributed by atoms with E-state index >= 15 is 0 Å². The van der Waals surface area contributed by atoms with Crippen LogP contribution in [0.1, 0.15) is 26.2 Å². The number of hydrogen-bond acceptors (Lipinski definition) is 2. The number of alkyl halides is 1. The van der Waals surface area contributed by atoms with Gasteiger partial charge in [-0.1, -0.05) is 6.58 Å². The van der Waals surface area contributed by atoms with Crippen molar-refractivity contribution in [3.63, 3.8) is 0 Å². The normalized spacial score (nSPS) is 30.9. The zero-order chi connectivity index (χ0) is 10.5. The van der Waals surface area contributed by atoms with Crippen molar-refractivity contribution >= 4 is 6.29 Å². The minimum Gasteiger partial charge on any atom is -0.400 e. The molecule has 1 N–H and O–H groups in total. The Bertz CT molecular complexity index is 179. The van der Waals surface area contributed by atoms with Gasteiger partial charge in [0.05, 0.1) is 0 Å². The van der Waals surface area contributed by atoms with Crippen LogP contribution in [0.2, 0.25) is 0 Å². The number of allylic oxidation sites excluding steroid dienone is 1. The maximum atomic E-state index is 12.9. The minimum atomic E-state index is -0.978. The van der Waals surface area contributed by atoms with E-state index in [0.29, 0.717) is 30.8 Å². The third-order valence-corrected chi connectivity index (χ3v) is 2.15. The highest BCUT2D eigenvalue weighted by molar-refractivity contribution is 5.71. The molecule has 13 heavy (non-hydrogen) atoms. The lowest BCUT2D eigenvalue weighted by Crippen LogP contribution is -2.36. The lowest BCUT2D eigenvalue weighted by atomic mass is 9.71. The summed E-state index contributed by atoms with van der Waals surface area (Å²) in [5, 5.41) is 7.00. The van der Waals surface area contributed by atoms with Crippen molar-refractivity contribution in [3.05, 3.63) is 12.2 Å². The number of aliphatic hydroxyl groups excluding tert-OH is 1. The average Bonchev–Trinajstić information content (AvgIpc) is 2.05. The largest absolute Gasteiger partial charge is 0.400 e. The van der Waals surface area contributed by atoms with Crippen LogP contribution in [0.5, 0.6) is 0 Å². The first-order valence-electron chi connectivity index (χ1n) is 4.30. The maximum absolute atomic E-state index is 12.9. The molecule has 0 aliphatic heterocycles. The quantitative estimate of drug-likeness (QED) is 0.542. The first-order valence-corrected chi connectivity index (χ1v) is 4.30. The summed E-state index contributed by atoms with van der Waals surface area (Å²) in [5.41, 5.74) is -0.390. The molecule has 1 aliphatic carbocycles. The Morgan fingerprint density at radius 2 is 2.15 bits per heavy atom. The fraction of sp³-hybridized carbons (Fsp3) is 0.700. The Kier molecular flexibility index (Phi) is 4.85. The molecule has 0 unspecified atom stereocenters. The van der Waals surface area contributed by atoms with Crippen LogP contribution in [0.25, 0.3) is 0 Å². The van der Waals surface area contributed by atoms with Gasteiger partial charge in [-0.3, -0.25) is 4.79 Å². The second kappa shape index (κ2) is 5.12. The Hall–Kier alpha value is -0.700. The Labute approximate surface area is 78.5 Å². The predicted octanol–water partition coefficient (Wildman–Crippen LogP) is 1.88. The SMILES string of the molecule is C=C(C=O)CC1CC(C)(F)C1.CO. The number of rotatable bonds is 3. The summed E-state index contributed by atoms with van der Waals surface area (Å²) in [5.74, 6) is 0.350. The van der Waals surface area contributed by atoms with Crippen LogP contribution in [0, 0.1) is 5.92 Å². The van der Waals surface area contributed by atoms with Crippen molar-refractivity contribution in [2.24, 2.45) is 5.92 Å². The van der Waals surface area contributed by atoms with Gasteiger partial charge in [0.25, 0.3) is 0 Å². The number of carbonyl (C=O) groups is 1. The molecule has 3 heteroatoms. The molecule has 0 radical (unpaired) electrons. The Morgan fingerprint density at radius 1 is 1.69 bits per heavy atom. The van der Waals surface area contributed by atoms with Crippen LogP contribution in [-0.2, 0) is 4.79 Å². The van der Waals surface area contributed by atoms with E-state index in [-0.39, 0.29) is 0 Å². The van der Waals surface area contributed by atoms with Crippen LogP contribution in [-0.4, -0.2) is 24.2 Å². The first kappa shape index (κ1) is 12.3. The van der Waals surface area contributed by atoms with E-state index < -0.39 is 5.67 Å². The van der Waals surface area contributed by atoms with Crippen LogP contribution >= 0.6 is 0 Å². The lowest BCUT2D eigenvalue weighted by Gasteiger charge is -2.38. The molecular formula is C10H17FO2. The molecule has 0 heterocycles. The van der Waals surface area contributed by atoms with E-state index in [1.54, 1.807) is 6.92 Å². The van der Waals surface area contributed by atoms with Gasteiger partial charge in [0.2, 0.25) is 0 Å². The zero-order valence-corrected chi connectivity index (χ0v) is 8.22. The summed E-state index contributed by atoms with van der Waals surface area (Å²) in [6.07, 6.45) is 2.59. The molecule has 76 valence electrons. The standard InChI is InChI=1S/C9H13FO.CH4O/c1-7(6-11)3-8-4-9(2,10)5-8;1-2/h6,8H,1,3-5H2,2H3;2H,1H3. The van der Waals surface area contributed by atoms with Gasteiger partial charge in [-0.15, -0.1) is 0 Å². The summed E-state index contributed by atoms with van der Waals surface area (Å²) >= 11 is 0. The topological polar surface area (TPSA) is 37.3 Å². The minimum absolute atomic E-state index is 0.350. The molecule has 2 nitrogen and oxygen atoms in total. The Morgan fingerprint density at radius 3 is 2.46 bits per heavy atom. The number of hydrogen-bond donors (Lipinski definition) is 1. The van der Waals surface area contributed by atoms with E-state index in [0.717, 1.165) is 13.4 Å². The summed E-state index contributed by atoms with van der Waals surface area (Å²) in [6.45, 7) is 5.16. The van der Waals surface area contributed by atoms with Crippen LogP contribution in [0.3, 0.4) is 0 Å². The lowest BCUT2D eigenvalue weighted by molar-refractivity contribution is -0.105. The van der Waals surface area contributed by atoms with Crippen molar-refractivity contribution in [1.29, 1.82) is 0 Å². The second-order valence-electron chi connectivity index (χ2n) is 3.67. The monoisotopic (exact) mass is 188 g/mol. The summed E-state index contributed by atoms with van der Waals surface area (Å²) in [7, 11) is 1.00. The van der Waals surface area contributed by atoms with E-state index in [1.165, 1.54) is 0 Å². The van der Waals surface area contributed by atoms with Gasteiger partial charge in [-0.2, -0.15) is 0 Å². The first-order chi connectivity index (χ1) is 6.03. The molecule has 0 aromatic rings. The summed E-state index contributed by atoms with van der Waals surface area (Å²) in [6, 6.07) is 0. The molecule has 1 rings (SSSR count). The fourth-order valence-electron chi connectivity index (χ4n) is 1.71. The zero-order valence-electron chi connectivity index (χ0n) is 8.22. The van der Waals surface area contributed by atoms with E-state index in [9.17, 15) is 9.18 Å². The highest BCUT2D eigenvalue weighted by Gasteiger charge is 2.40. The number of aldehydes is 1. The van der Waals surface area contributed by atoms with Gasteiger partial charge < -0.3 is 5.11 Å². The van der Waals surface area contributed by atoms with Crippen LogP contribution < -0.4 is 0 Å². The number of aliphatic hydroxyl groups is 1. The van der Waals surface area contributed by atoms with Crippen molar-refractivity contribution in [1.82, 2.24) is 0 Å². The third kappa shape index (κ3) is 4.18. The van der Waals surface area contributed by atoms with Gasteiger partial charge in [-0.25, -0.2) is 4.39 Å². The molecule has 0 spiro atoms. The summed E-state index contributed by atoms with van der Waals surface area (Å²) in [4.78, 5) is 10.1. The molecule has 0 aromatic heterocycles. The van der Waals surface area contributed by atoms with Crippen molar-refractivity contribution in [3.8, 4) is 0 Å². The van der Waals surface area contributed by atoms with E-state index in [1.807, 2.05) is 0 Å². The number of halogens is 1. The van der Waals surface area contributed by atoms with E-state index in [4.69, 9.17) is 5.11 Å². The molecule has 1 aliphatic rings. The molecule has 0 aromatic carbocycles. The molecule has 1 saturated carbocycles. The van der Waals surface area contributed by atoms with Gasteiger partial charge in [-0.05, 0) is 37.7 Å². The average molecular weight is 188 g/mol. The molecular weight excluding hydrogens is 171 g/mol. The van der Waals surface area contributed by atoms with Gasteiger partial charge in [0.1, 0.15) is 12.0 Å². The van der Waals surface area contributed by atoms with E-state index in [2.05, 4.69) is 6.58 Å². The van der Waals surface area contributed by atoms with Crippen molar-refractivity contribution < 1.29 is 14.3 Å². The van der Waals surface area contributed by atoms with Gasteiger partial charge >= 0.3 is 0 Å². The smallest absolute Gasteiger partial charge is 0.145 e. The van der Waals surface area contributed by atoms with Gasteiger partial charge in [0.15, 0.2) is 0 Å². The molecule has 0 amide bonds. The van der Waals surface area contributed by atoms with Crippen molar-refractivity contribution in [2.45, 2.75) is 31.9 Å². The van der Waals surface area contributed by atoms with Crippen molar-refractivity contribution in [2.75, 3.05) is 7.11 Å². The highest BCUT2D eigenvalue weighted by atomic mass is 19.1. The third-order valence-electron chi connectivity index (χ3n) is 2.15. The fourth-order valence-corrected chi connectivity index (χ4v) is 1.71. The molecule has 0 bridgehead atoms. The predicted molar refractivity (Wildman–Crippen MR) is 50.2 cm³/mol.